The van der Waals surface area contributed by atoms with E-state index in [0.29, 0.717) is 12.0 Å². The van der Waals surface area contributed by atoms with Gasteiger partial charge in [-0.1, -0.05) is 0 Å². The molecule has 0 amide bonds. The quantitative estimate of drug-likeness (QED) is 0.771. The molecule has 2 aliphatic carbocycles. The van der Waals surface area contributed by atoms with Gasteiger partial charge >= 0.3 is 0 Å². The summed E-state index contributed by atoms with van der Waals surface area (Å²) in [6.45, 7) is 2.95. The second-order valence-electron chi connectivity index (χ2n) is 5.95. The zero-order chi connectivity index (χ0) is 13.9. The van der Waals surface area contributed by atoms with Crippen LogP contribution in [0.25, 0.3) is 0 Å². The van der Waals surface area contributed by atoms with Crippen molar-refractivity contribution >= 4 is 11.6 Å². The zero-order valence-corrected chi connectivity index (χ0v) is 12.1. The number of aliphatic hydroxyl groups is 1. The van der Waals surface area contributed by atoms with Crippen LogP contribution < -0.4 is 10.6 Å². The van der Waals surface area contributed by atoms with Crippen molar-refractivity contribution in [1.82, 2.24) is 9.97 Å². The van der Waals surface area contributed by atoms with E-state index in [-0.39, 0.29) is 6.10 Å². The fourth-order valence-corrected chi connectivity index (χ4v) is 2.76. The monoisotopic (exact) mass is 276 g/mol. The Balaban J connectivity index is 1.70. The SMILES string of the molecule is CCNc1cc(NC2CCC(O)CC2)nc(C2CC2)n1. The van der Waals surface area contributed by atoms with Crippen molar-refractivity contribution in [2.75, 3.05) is 17.2 Å². The number of hydrogen-bond acceptors (Lipinski definition) is 5. The van der Waals surface area contributed by atoms with Crippen molar-refractivity contribution in [3.63, 3.8) is 0 Å². The number of rotatable bonds is 5. The summed E-state index contributed by atoms with van der Waals surface area (Å²) in [7, 11) is 0. The molecule has 0 aliphatic heterocycles. The standard InChI is InChI=1S/C15H24N4O/c1-2-16-13-9-14(19-15(18-13)10-3-4-10)17-11-5-7-12(20)8-6-11/h9-12,20H,2-8H2,1H3,(H2,16,17,18,19). The van der Waals surface area contributed by atoms with Gasteiger partial charge in [0.1, 0.15) is 17.5 Å². The Morgan fingerprint density at radius 3 is 2.45 bits per heavy atom. The lowest BCUT2D eigenvalue weighted by atomic mass is 9.93. The van der Waals surface area contributed by atoms with E-state index in [4.69, 9.17) is 0 Å². The van der Waals surface area contributed by atoms with Gasteiger partial charge in [-0.05, 0) is 45.4 Å². The van der Waals surface area contributed by atoms with Gasteiger partial charge in [0.15, 0.2) is 0 Å². The maximum Gasteiger partial charge on any atom is 0.136 e. The van der Waals surface area contributed by atoms with Crippen LogP contribution in [-0.2, 0) is 0 Å². The third-order valence-corrected chi connectivity index (χ3v) is 4.09. The molecule has 5 heteroatoms. The summed E-state index contributed by atoms with van der Waals surface area (Å²) >= 11 is 0. The summed E-state index contributed by atoms with van der Waals surface area (Å²) in [6.07, 6.45) is 6.12. The molecule has 0 saturated heterocycles. The van der Waals surface area contributed by atoms with Gasteiger partial charge in [-0.2, -0.15) is 0 Å². The molecule has 1 heterocycles. The highest BCUT2D eigenvalue weighted by molar-refractivity contribution is 5.48. The van der Waals surface area contributed by atoms with E-state index in [1.54, 1.807) is 0 Å². The zero-order valence-electron chi connectivity index (χ0n) is 12.1. The molecule has 0 atom stereocenters. The van der Waals surface area contributed by atoms with Gasteiger partial charge in [-0.15, -0.1) is 0 Å². The molecule has 1 aromatic heterocycles. The lowest BCUT2D eigenvalue weighted by molar-refractivity contribution is 0.126. The molecule has 2 fully saturated rings. The highest BCUT2D eigenvalue weighted by atomic mass is 16.3. The molecule has 110 valence electrons. The van der Waals surface area contributed by atoms with Crippen molar-refractivity contribution in [2.45, 2.75) is 63.5 Å². The molecule has 5 nitrogen and oxygen atoms in total. The molecule has 2 aliphatic rings. The lowest BCUT2D eigenvalue weighted by Gasteiger charge is -2.26. The Kier molecular flexibility index (Phi) is 4.05. The van der Waals surface area contributed by atoms with E-state index >= 15 is 0 Å². The largest absolute Gasteiger partial charge is 0.393 e. The van der Waals surface area contributed by atoms with Crippen LogP contribution in [0.15, 0.2) is 6.07 Å². The molecule has 1 aromatic rings. The molecule has 3 rings (SSSR count). The average Bonchev–Trinajstić information content (AvgIpc) is 3.26. The Hall–Kier alpha value is -1.36. The predicted octanol–water partition coefficient (Wildman–Crippen LogP) is 2.50. The number of aliphatic hydroxyl groups excluding tert-OH is 1. The minimum Gasteiger partial charge on any atom is -0.393 e. The maximum atomic E-state index is 9.57. The van der Waals surface area contributed by atoms with Gasteiger partial charge in [-0.25, -0.2) is 9.97 Å². The van der Waals surface area contributed by atoms with Crippen LogP contribution in [-0.4, -0.2) is 33.8 Å². The van der Waals surface area contributed by atoms with Crippen LogP contribution in [0.3, 0.4) is 0 Å². The highest BCUT2D eigenvalue weighted by Gasteiger charge is 2.28. The molecule has 20 heavy (non-hydrogen) atoms. The summed E-state index contributed by atoms with van der Waals surface area (Å²) in [5, 5.41) is 16.4. The molecular weight excluding hydrogens is 252 g/mol. The first kappa shape index (κ1) is 13.6. The molecule has 0 spiro atoms. The van der Waals surface area contributed by atoms with Crippen LogP contribution in [0.4, 0.5) is 11.6 Å². The Morgan fingerprint density at radius 1 is 1.10 bits per heavy atom. The van der Waals surface area contributed by atoms with E-state index in [1.165, 1.54) is 12.8 Å². The Morgan fingerprint density at radius 2 is 1.80 bits per heavy atom. The van der Waals surface area contributed by atoms with Crippen LogP contribution in [0, 0.1) is 0 Å². The van der Waals surface area contributed by atoms with Crippen LogP contribution in [0.1, 0.15) is 57.2 Å². The number of nitrogens with zero attached hydrogens (tertiary/aromatic N) is 2. The predicted molar refractivity (Wildman–Crippen MR) is 80.1 cm³/mol. The summed E-state index contributed by atoms with van der Waals surface area (Å²) in [6, 6.07) is 2.43. The van der Waals surface area contributed by atoms with Gasteiger partial charge < -0.3 is 15.7 Å². The summed E-state index contributed by atoms with van der Waals surface area (Å²) in [5.41, 5.74) is 0. The number of nitrogens with one attached hydrogen (secondary N) is 2. The van der Waals surface area contributed by atoms with Crippen molar-refractivity contribution in [3.8, 4) is 0 Å². The first-order valence-corrected chi connectivity index (χ1v) is 7.82. The number of aromatic nitrogens is 2. The van der Waals surface area contributed by atoms with Gasteiger partial charge in [0.25, 0.3) is 0 Å². The summed E-state index contributed by atoms with van der Waals surface area (Å²) in [5.74, 6) is 3.38. The van der Waals surface area contributed by atoms with Crippen molar-refractivity contribution in [3.05, 3.63) is 11.9 Å². The molecule has 2 saturated carbocycles. The second-order valence-corrected chi connectivity index (χ2v) is 5.95. The van der Waals surface area contributed by atoms with Gasteiger partial charge in [0.05, 0.1) is 6.10 Å². The van der Waals surface area contributed by atoms with Gasteiger partial charge in [0, 0.05) is 24.6 Å². The lowest BCUT2D eigenvalue weighted by Crippen LogP contribution is -2.28. The van der Waals surface area contributed by atoms with Crippen molar-refractivity contribution < 1.29 is 5.11 Å². The Labute approximate surface area is 120 Å². The van der Waals surface area contributed by atoms with Gasteiger partial charge in [0.2, 0.25) is 0 Å². The van der Waals surface area contributed by atoms with Crippen LogP contribution in [0.2, 0.25) is 0 Å². The third-order valence-electron chi connectivity index (χ3n) is 4.09. The first-order chi connectivity index (χ1) is 9.74. The van der Waals surface area contributed by atoms with Crippen LogP contribution in [0.5, 0.6) is 0 Å². The van der Waals surface area contributed by atoms with Gasteiger partial charge in [-0.3, -0.25) is 0 Å². The normalized spacial score (nSPS) is 26.3. The first-order valence-electron chi connectivity index (χ1n) is 7.82. The van der Waals surface area contributed by atoms with E-state index in [9.17, 15) is 5.11 Å². The third kappa shape index (κ3) is 3.39. The average molecular weight is 276 g/mol. The number of anilines is 2. The van der Waals surface area contributed by atoms with E-state index in [2.05, 4.69) is 27.5 Å². The fraction of sp³-hybridized carbons (Fsp3) is 0.733. The molecule has 0 unspecified atom stereocenters. The van der Waals surface area contributed by atoms with E-state index in [1.807, 2.05) is 6.07 Å². The van der Waals surface area contributed by atoms with E-state index in [0.717, 1.165) is 49.7 Å². The second kappa shape index (κ2) is 5.95. The molecule has 3 N–H and O–H groups in total. The molecular formula is C15H24N4O. The van der Waals surface area contributed by atoms with Crippen molar-refractivity contribution in [2.24, 2.45) is 0 Å². The topological polar surface area (TPSA) is 70.1 Å². The minimum atomic E-state index is -0.113. The van der Waals surface area contributed by atoms with Crippen LogP contribution >= 0.6 is 0 Å². The summed E-state index contributed by atoms with van der Waals surface area (Å²) in [4.78, 5) is 9.25. The molecule has 0 radical (unpaired) electrons. The minimum absolute atomic E-state index is 0.113. The molecule has 0 aromatic carbocycles. The molecule has 0 bridgehead atoms. The van der Waals surface area contributed by atoms with E-state index < -0.39 is 0 Å². The number of hydrogen-bond donors (Lipinski definition) is 3. The van der Waals surface area contributed by atoms with Crippen molar-refractivity contribution in [1.29, 1.82) is 0 Å². The maximum absolute atomic E-state index is 9.57. The summed E-state index contributed by atoms with van der Waals surface area (Å²) < 4.78 is 0. The highest BCUT2D eigenvalue weighted by Crippen LogP contribution is 2.39. The Bertz CT molecular complexity index is 453. The smallest absolute Gasteiger partial charge is 0.136 e. The fourth-order valence-electron chi connectivity index (χ4n) is 2.76.